The van der Waals surface area contributed by atoms with E-state index >= 15 is 0 Å². The van der Waals surface area contributed by atoms with Crippen molar-refractivity contribution in [1.29, 1.82) is 0 Å². The average molecular weight is 262 g/mol. The molecule has 0 amide bonds. The lowest BCUT2D eigenvalue weighted by Crippen LogP contribution is -2.19. The van der Waals surface area contributed by atoms with Crippen LogP contribution >= 0.6 is 11.3 Å². The molecule has 0 aromatic carbocycles. The number of thiophene rings is 1. The number of hydrogen-bond donors (Lipinski definition) is 1. The number of hydrogen-bond acceptors (Lipinski definition) is 5. The third kappa shape index (κ3) is 2.98. The molecule has 1 N–H and O–H groups in total. The van der Waals surface area contributed by atoms with Gasteiger partial charge in [-0.05, 0) is 36.2 Å². The van der Waals surface area contributed by atoms with Gasteiger partial charge >= 0.3 is 0 Å². The molecule has 0 bridgehead atoms. The minimum atomic E-state index is 0.690. The lowest BCUT2D eigenvalue weighted by molar-refractivity contribution is 0.884. The first-order chi connectivity index (χ1) is 8.70. The van der Waals surface area contributed by atoms with Crippen molar-refractivity contribution in [1.82, 2.24) is 9.97 Å². The smallest absolute Gasteiger partial charge is 0.224 e. The lowest BCUT2D eigenvalue weighted by atomic mass is 10.3. The number of anilines is 2. The topological polar surface area (TPSA) is 41.1 Å². The second-order valence-electron chi connectivity index (χ2n) is 4.22. The molecule has 0 radical (unpaired) electrons. The van der Waals surface area contributed by atoms with Gasteiger partial charge in [-0.2, -0.15) is 16.3 Å². The molecular formula is C13H18N4S. The average Bonchev–Trinajstić information content (AvgIpc) is 2.84. The summed E-state index contributed by atoms with van der Waals surface area (Å²) < 4.78 is 0. The third-order valence-electron chi connectivity index (χ3n) is 2.64. The Bertz CT molecular complexity index is 496. The molecule has 0 saturated heterocycles. The van der Waals surface area contributed by atoms with Crippen molar-refractivity contribution in [3.63, 3.8) is 0 Å². The molecule has 0 atom stereocenters. The van der Waals surface area contributed by atoms with E-state index in [9.17, 15) is 0 Å². The van der Waals surface area contributed by atoms with Crippen LogP contribution in [0.2, 0.25) is 0 Å². The second kappa shape index (κ2) is 5.82. The Morgan fingerprint density at radius 2 is 2.28 bits per heavy atom. The van der Waals surface area contributed by atoms with E-state index in [1.165, 1.54) is 5.56 Å². The van der Waals surface area contributed by atoms with Gasteiger partial charge in [0.2, 0.25) is 5.95 Å². The van der Waals surface area contributed by atoms with Crippen LogP contribution in [0, 0.1) is 6.92 Å². The standard InChI is InChI=1S/C13H18N4S/c1-4-14-13-15-7-10(2)12(16-13)17(3)8-11-5-6-18-9-11/h5-7,9H,4,8H2,1-3H3,(H,14,15,16). The van der Waals surface area contributed by atoms with Gasteiger partial charge in [0.15, 0.2) is 0 Å². The van der Waals surface area contributed by atoms with Gasteiger partial charge in [-0.1, -0.05) is 0 Å². The molecule has 0 saturated carbocycles. The van der Waals surface area contributed by atoms with Gasteiger partial charge in [0.1, 0.15) is 5.82 Å². The van der Waals surface area contributed by atoms with E-state index < -0.39 is 0 Å². The van der Waals surface area contributed by atoms with Gasteiger partial charge in [-0.3, -0.25) is 0 Å². The molecule has 0 aliphatic carbocycles. The summed E-state index contributed by atoms with van der Waals surface area (Å²) in [7, 11) is 2.06. The van der Waals surface area contributed by atoms with Crippen LogP contribution in [0.25, 0.3) is 0 Å². The van der Waals surface area contributed by atoms with Crippen molar-refractivity contribution in [2.75, 3.05) is 23.8 Å². The molecule has 0 fully saturated rings. The Balaban J connectivity index is 2.17. The molecular weight excluding hydrogens is 244 g/mol. The van der Waals surface area contributed by atoms with Gasteiger partial charge in [-0.15, -0.1) is 0 Å². The van der Waals surface area contributed by atoms with Crippen LogP contribution < -0.4 is 10.2 Å². The van der Waals surface area contributed by atoms with Crippen molar-refractivity contribution in [2.45, 2.75) is 20.4 Å². The Labute approximate surface area is 112 Å². The summed E-state index contributed by atoms with van der Waals surface area (Å²) in [4.78, 5) is 11.0. The van der Waals surface area contributed by atoms with Crippen LogP contribution in [0.4, 0.5) is 11.8 Å². The van der Waals surface area contributed by atoms with E-state index in [1.807, 2.05) is 20.0 Å². The molecule has 0 spiro atoms. The van der Waals surface area contributed by atoms with Gasteiger partial charge in [0.25, 0.3) is 0 Å². The van der Waals surface area contributed by atoms with E-state index in [4.69, 9.17) is 0 Å². The predicted molar refractivity (Wildman–Crippen MR) is 77.4 cm³/mol. The highest BCUT2D eigenvalue weighted by atomic mass is 32.1. The minimum absolute atomic E-state index is 0.690. The Morgan fingerprint density at radius 1 is 1.44 bits per heavy atom. The van der Waals surface area contributed by atoms with Crippen LogP contribution in [-0.2, 0) is 6.54 Å². The summed E-state index contributed by atoms with van der Waals surface area (Å²) in [6.07, 6.45) is 1.87. The number of aryl methyl sites for hydroxylation is 1. The molecule has 2 heterocycles. The lowest BCUT2D eigenvalue weighted by Gasteiger charge is -2.20. The third-order valence-corrected chi connectivity index (χ3v) is 3.37. The fraction of sp³-hybridized carbons (Fsp3) is 0.385. The van der Waals surface area contributed by atoms with E-state index in [2.05, 4.69) is 44.1 Å². The van der Waals surface area contributed by atoms with Crippen LogP contribution in [0.15, 0.2) is 23.0 Å². The van der Waals surface area contributed by atoms with Crippen LogP contribution in [0.3, 0.4) is 0 Å². The summed E-state index contributed by atoms with van der Waals surface area (Å²) >= 11 is 1.72. The van der Waals surface area contributed by atoms with Crippen molar-refractivity contribution >= 4 is 23.1 Å². The predicted octanol–water partition coefficient (Wildman–Crippen LogP) is 2.91. The molecule has 96 valence electrons. The fourth-order valence-electron chi connectivity index (χ4n) is 1.79. The Kier molecular flexibility index (Phi) is 4.15. The number of nitrogens with one attached hydrogen (secondary N) is 1. The van der Waals surface area contributed by atoms with Gasteiger partial charge in [0, 0.05) is 31.9 Å². The Hall–Kier alpha value is -1.62. The quantitative estimate of drug-likeness (QED) is 0.899. The first-order valence-electron chi connectivity index (χ1n) is 6.00. The van der Waals surface area contributed by atoms with Gasteiger partial charge in [-0.25, -0.2) is 4.98 Å². The molecule has 5 heteroatoms. The SMILES string of the molecule is CCNc1ncc(C)c(N(C)Cc2ccsc2)n1. The van der Waals surface area contributed by atoms with E-state index in [0.29, 0.717) is 5.95 Å². The number of aromatic nitrogens is 2. The maximum atomic E-state index is 4.55. The molecule has 0 unspecified atom stereocenters. The Morgan fingerprint density at radius 3 is 2.94 bits per heavy atom. The van der Waals surface area contributed by atoms with Crippen LogP contribution in [-0.4, -0.2) is 23.6 Å². The fourth-order valence-corrected chi connectivity index (χ4v) is 2.45. The van der Waals surface area contributed by atoms with E-state index in [0.717, 1.165) is 24.5 Å². The van der Waals surface area contributed by atoms with Crippen molar-refractivity contribution in [2.24, 2.45) is 0 Å². The molecule has 2 rings (SSSR count). The van der Waals surface area contributed by atoms with Crippen molar-refractivity contribution in [3.8, 4) is 0 Å². The number of nitrogens with zero attached hydrogens (tertiary/aromatic N) is 3. The zero-order valence-corrected chi connectivity index (χ0v) is 11.8. The molecule has 0 aliphatic rings. The maximum absolute atomic E-state index is 4.55. The first kappa shape index (κ1) is 12.8. The summed E-state index contributed by atoms with van der Waals surface area (Å²) in [5.74, 6) is 1.67. The maximum Gasteiger partial charge on any atom is 0.224 e. The van der Waals surface area contributed by atoms with Crippen LogP contribution in [0.5, 0.6) is 0 Å². The summed E-state index contributed by atoms with van der Waals surface area (Å²) in [6, 6.07) is 2.14. The van der Waals surface area contributed by atoms with Crippen molar-refractivity contribution in [3.05, 3.63) is 34.2 Å². The van der Waals surface area contributed by atoms with Gasteiger partial charge < -0.3 is 10.2 Å². The highest BCUT2D eigenvalue weighted by Crippen LogP contribution is 2.19. The highest BCUT2D eigenvalue weighted by molar-refractivity contribution is 7.07. The van der Waals surface area contributed by atoms with E-state index in [-0.39, 0.29) is 0 Å². The zero-order chi connectivity index (χ0) is 13.0. The second-order valence-corrected chi connectivity index (χ2v) is 5.00. The number of rotatable bonds is 5. The minimum Gasteiger partial charge on any atom is -0.355 e. The van der Waals surface area contributed by atoms with Gasteiger partial charge in [0.05, 0.1) is 0 Å². The first-order valence-corrected chi connectivity index (χ1v) is 6.94. The molecule has 2 aromatic rings. The monoisotopic (exact) mass is 262 g/mol. The molecule has 18 heavy (non-hydrogen) atoms. The zero-order valence-electron chi connectivity index (χ0n) is 11.0. The largest absolute Gasteiger partial charge is 0.355 e. The normalized spacial score (nSPS) is 10.4. The van der Waals surface area contributed by atoms with Crippen LogP contribution in [0.1, 0.15) is 18.1 Å². The molecule has 0 aliphatic heterocycles. The molecule has 2 aromatic heterocycles. The van der Waals surface area contributed by atoms with E-state index in [1.54, 1.807) is 11.3 Å². The molecule has 4 nitrogen and oxygen atoms in total. The summed E-state index contributed by atoms with van der Waals surface area (Å²) in [5, 5.41) is 7.40. The summed E-state index contributed by atoms with van der Waals surface area (Å²) in [5.41, 5.74) is 2.40. The van der Waals surface area contributed by atoms with Crippen molar-refractivity contribution < 1.29 is 0 Å². The highest BCUT2D eigenvalue weighted by Gasteiger charge is 2.09. The summed E-state index contributed by atoms with van der Waals surface area (Å²) in [6.45, 7) is 5.77.